The quantitative estimate of drug-likeness (QED) is 0.759. The van der Waals surface area contributed by atoms with Gasteiger partial charge in [-0.15, -0.1) is 0 Å². The number of hydrogen-bond acceptors (Lipinski definition) is 4. The Kier molecular flexibility index (Phi) is 6.95. The number of carbonyl (C=O) groups is 1. The van der Waals surface area contributed by atoms with Crippen LogP contribution >= 0.6 is 0 Å². The molecule has 2 atom stereocenters. The number of sulfonamides is 1. The van der Waals surface area contributed by atoms with E-state index >= 15 is 0 Å². The van der Waals surface area contributed by atoms with Crippen LogP contribution in [0.5, 0.6) is 0 Å². The first-order valence-corrected chi connectivity index (χ1v) is 11.7. The van der Waals surface area contributed by atoms with Crippen LogP contribution in [0.3, 0.4) is 0 Å². The Balaban J connectivity index is 1.60. The van der Waals surface area contributed by atoms with Gasteiger partial charge >= 0.3 is 0 Å². The maximum atomic E-state index is 12.9. The van der Waals surface area contributed by atoms with Crippen molar-refractivity contribution in [3.8, 4) is 0 Å². The summed E-state index contributed by atoms with van der Waals surface area (Å²) >= 11 is 0. The Morgan fingerprint density at radius 1 is 1.07 bits per heavy atom. The summed E-state index contributed by atoms with van der Waals surface area (Å²) in [6, 6.07) is 12.6. The standard InChI is InChI=1S/C23H30N2O4S/c1-16-5-6-20(17(2)13-16)7-12-23(26)24-21-8-10-22(11-9-21)30(27,28)25-14-18(3)29-19(4)15-25/h5-6,8-11,13,18-19H,7,12,14-15H2,1-4H3,(H,24,26). The molecule has 0 saturated carbocycles. The number of benzene rings is 2. The minimum absolute atomic E-state index is 0.0959. The lowest BCUT2D eigenvalue weighted by atomic mass is 10.0. The fourth-order valence-corrected chi connectivity index (χ4v) is 5.37. The molecule has 1 N–H and O–H groups in total. The molecule has 3 rings (SSSR count). The van der Waals surface area contributed by atoms with Crippen molar-refractivity contribution >= 4 is 21.6 Å². The fraction of sp³-hybridized carbons (Fsp3) is 0.435. The second-order valence-corrected chi connectivity index (χ2v) is 10.0. The molecule has 0 bridgehead atoms. The molecule has 7 heteroatoms. The molecule has 1 saturated heterocycles. The van der Waals surface area contributed by atoms with E-state index in [1.807, 2.05) is 20.8 Å². The van der Waals surface area contributed by atoms with E-state index in [0.29, 0.717) is 31.6 Å². The molecule has 0 aromatic heterocycles. The number of ether oxygens (including phenoxy) is 1. The van der Waals surface area contributed by atoms with Gasteiger partial charge in [-0.2, -0.15) is 4.31 Å². The van der Waals surface area contributed by atoms with Gasteiger partial charge in [-0.05, 0) is 69.5 Å². The molecule has 162 valence electrons. The summed E-state index contributed by atoms with van der Waals surface area (Å²) in [4.78, 5) is 12.5. The molecule has 0 radical (unpaired) electrons. The number of amides is 1. The summed E-state index contributed by atoms with van der Waals surface area (Å²) in [5.74, 6) is -0.0959. The van der Waals surface area contributed by atoms with Crippen molar-refractivity contribution in [1.82, 2.24) is 4.31 Å². The largest absolute Gasteiger partial charge is 0.373 e. The molecule has 30 heavy (non-hydrogen) atoms. The van der Waals surface area contributed by atoms with E-state index in [1.165, 1.54) is 15.4 Å². The van der Waals surface area contributed by atoms with E-state index in [-0.39, 0.29) is 23.0 Å². The van der Waals surface area contributed by atoms with Gasteiger partial charge in [0.05, 0.1) is 17.1 Å². The normalized spacial score (nSPS) is 20.1. The highest BCUT2D eigenvalue weighted by molar-refractivity contribution is 7.89. The van der Waals surface area contributed by atoms with Crippen molar-refractivity contribution in [3.05, 3.63) is 59.2 Å². The van der Waals surface area contributed by atoms with Gasteiger partial charge in [0.25, 0.3) is 0 Å². The molecular weight excluding hydrogens is 400 g/mol. The Bertz CT molecular complexity index is 992. The van der Waals surface area contributed by atoms with Crippen LogP contribution in [0, 0.1) is 13.8 Å². The second kappa shape index (κ2) is 9.29. The first kappa shape index (κ1) is 22.5. The number of nitrogens with one attached hydrogen (secondary N) is 1. The van der Waals surface area contributed by atoms with Gasteiger partial charge in [-0.3, -0.25) is 4.79 Å². The third kappa shape index (κ3) is 5.47. The van der Waals surface area contributed by atoms with Gasteiger partial charge in [0.1, 0.15) is 0 Å². The van der Waals surface area contributed by atoms with E-state index in [1.54, 1.807) is 24.3 Å². The Labute approximate surface area is 179 Å². The lowest BCUT2D eigenvalue weighted by molar-refractivity contribution is -0.116. The van der Waals surface area contributed by atoms with Crippen LogP contribution in [-0.2, 0) is 26.0 Å². The van der Waals surface area contributed by atoms with Gasteiger partial charge in [0.2, 0.25) is 15.9 Å². The van der Waals surface area contributed by atoms with Crippen molar-refractivity contribution in [1.29, 1.82) is 0 Å². The summed E-state index contributed by atoms with van der Waals surface area (Å²) in [6.07, 6.45) is 0.754. The molecular formula is C23H30N2O4S. The molecule has 2 aromatic carbocycles. The lowest BCUT2D eigenvalue weighted by Crippen LogP contribution is -2.48. The van der Waals surface area contributed by atoms with Crippen molar-refractivity contribution in [2.75, 3.05) is 18.4 Å². The van der Waals surface area contributed by atoms with E-state index in [2.05, 4.69) is 30.4 Å². The van der Waals surface area contributed by atoms with Gasteiger partial charge in [0, 0.05) is 25.2 Å². The zero-order chi connectivity index (χ0) is 21.9. The summed E-state index contributed by atoms with van der Waals surface area (Å²) in [6.45, 7) is 8.51. The highest BCUT2D eigenvalue weighted by atomic mass is 32.2. The van der Waals surface area contributed by atoms with Crippen molar-refractivity contribution in [2.24, 2.45) is 0 Å². The molecule has 2 unspecified atom stereocenters. The predicted octanol–water partition coefficient (Wildman–Crippen LogP) is 3.67. The summed E-state index contributed by atoms with van der Waals surface area (Å²) in [7, 11) is -3.59. The van der Waals surface area contributed by atoms with Crippen LogP contribution in [0.1, 0.15) is 37.0 Å². The molecule has 1 fully saturated rings. The monoisotopic (exact) mass is 430 g/mol. The SMILES string of the molecule is Cc1ccc(CCC(=O)Nc2ccc(S(=O)(=O)N3CC(C)OC(C)C3)cc2)c(C)c1. The third-order valence-electron chi connectivity index (χ3n) is 5.28. The average Bonchev–Trinajstić information content (AvgIpc) is 2.67. The molecule has 6 nitrogen and oxygen atoms in total. The number of aryl methyl sites for hydroxylation is 3. The van der Waals surface area contributed by atoms with E-state index in [4.69, 9.17) is 4.74 Å². The number of anilines is 1. The highest BCUT2D eigenvalue weighted by Crippen LogP contribution is 2.22. The van der Waals surface area contributed by atoms with Crippen molar-refractivity contribution in [2.45, 2.75) is 57.6 Å². The third-order valence-corrected chi connectivity index (χ3v) is 7.13. The minimum atomic E-state index is -3.59. The van der Waals surface area contributed by atoms with Crippen LogP contribution in [-0.4, -0.2) is 43.9 Å². The summed E-state index contributed by atoms with van der Waals surface area (Å²) in [5.41, 5.74) is 4.13. The van der Waals surface area contributed by atoms with Gasteiger partial charge in [-0.25, -0.2) is 8.42 Å². The zero-order valence-electron chi connectivity index (χ0n) is 18.0. The molecule has 0 aliphatic carbocycles. The van der Waals surface area contributed by atoms with E-state index in [0.717, 1.165) is 5.56 Å². The van der Waals surface area contributed by atoms with Crippen LogP contribution < -0.4 is 5.32 Å². The van der Waals surface area contributed by atoms with E-state index < -0.39 is 10.0 Å². The fourth-order valence-electron chi connectivity index (χ4n) is 3.78. The summed E-state index contributed by atoms with van der Waals surface area (Å²) < 4.78 is 32.9. The Morgan fingerprint density at radius 3 is 2.30 bits per heavy atom. The van der Waals surface area contributed by atoms with Crippen LogP contribution in [0.15, 0.2) is 47.4 Å². The van der Waals surface area contributed by atoms with Crippen LogP contribution in [0.4, 0.5) is 5.69 Å². The summed E-state index contributed by atoms with van der Waals surface area (Å²) in [5, 5.41) is 2.85. The number of morpholine rings is 1. The topological polar surface area (TPSA) is 75.7 Å². The molecule has 0 spiro atoms. The Morgan fingerprint density at radius 2 is 1.70 bits per heavy atom. The first-order valence-electron chi connectivity index (χ1n) is 10.3. The number of carbonyl (C=O) groups excluding carboxylic acids is 1. The van der Waals surface area contributed by atoms with Crippen LogP contribution in [0.2, 0.25) is 0 Å². The minimum Gasteiger partial charge on any atom is -0.373 e. The zero-order valence-corrected chi connectivity index (χ0v) is 18.8. The predicted molar refractivity (Wildman–Crippen MR) is 118 cm³/mol. The highest BCUT2D eigenvalue weighted by Gasteiger charge is 2.32. The van der Waals surface area contributed by atoms with Crippen molar-refractivity contribution < 1.29 is 17.9 Å². The molecule has 1 aliphatic rings. The van der Waals surface area contributed by atoms with E-state index in [9.17, 15) is 13.2 Å². The van der Waals surface area contributed by atoms with Gasteiger partial charge in [-0.1, -0.05) is 23.8 Å². The molecule has 2 aromatic rings. The molecule has 1 amide bonds. The average molecular weight is 431 g/mol. The second-order valence-electron chi connectivity index (χ2n) is 8.08. The number of nitrogens with zero attached hydrogens (tertiary/aromatic N) is 1. The maximum absolute atomic E-state index is 12.9. The van der Waals surface area contributed by atoms with Crippen LogP contribution in [0.25, 0.3) is 0 Å². The first-order chi connectivity index (χ1) is 14.1. The lowest BCUT2D eigenvalue weighted by Gasteiger charge is -2.34. The van der Waals surface area contributed by atoms with Crippen molar-refractivity contribution in [3.63, 3.8) is 0 Å². The molecule has 1 aliphatic heterocycles. The smallest absolute Gasteiger partial charge is 0.243 e. The number of rotatable bonds is 6. The van der Waals surface area contributed by atoms with Gasteiger partial charge in [0.15, 0.2) is 0 Å². The Hall–Kier alpha value is -2.22. The maximum Gasteiger partial charge on any atom is 0.243 e. The van der Waals surface area contributed by atoms with Gasteiger partial charge < -0.3 is 10.1 Å². The number of hydrogen-bond donors (Lipinski definition) is 1. The molecule has 1 heterocycles.